The van der Waals surface area contributed by atoms with Gasteiger partial charge in [0, 0.05) is 44.3 Å². The molecular formula is C28H29N3O4. The Morgan fingerprint density at radius 1 is 1.06 bits per heavy atom. The lowest BCUT2D eigenvalue weighted by Crippen LogP contribution is -2.29. The molecule has 35 heavy (non-hydrogen) atoms. The lowest BCUT2D eigenvalue weighted by molar-refractivity contribution is -0.140. The minimum Gasteiger partial charge on any atom is -0.507 e. The van der Waals surface area contributed by atoms with Gasteiger partial charge in [-0.15, -0.1) is 0 Å². The number of anilines is 1. The number of likely N-dealkylation sites (tertiary alicyclic amines) is 1. The van der Waals surface area contributed by atoms with Gasteiger partial charge in [-0.25, -0.2) is 0 Å². The lowest BCUT2D eigenvalue weighted by Gasteiger charge is -2.26. The molecule has 3 aromatic rings. The molecule has 1 aliphatic heterocycles. The monoisotopic (exact) mass is 471 g/mol. The van der Waals surface area contributed by atoms with Crippen molar-refractivity contribution in [3.63, 3.8) is 0 Å². The number of aliphatic hydroxyl groups excluding tert-OH is 1. The summed E-state index contributed by atoms with van der Waals surface area (Å²) < 4.78 is 5.70. The second-order valence-electron chi connectivity index (χ2n) is 8.64. The molecule has 1 aromatic heterocycles. The molecule has 1 N–H and O–H groups in total. The predicted molar refractivity (Wildman–Crippen MR) is 135 cm³/mol. The zero-order chi connectivity index (χ0) is 24.9. The van der Waals surface area contributed by atoms with E-state index in [4.69, 9.17) is 4.74 Å². The van der Waals surface area contributed by atoms with E-state index in [0.29, 0.717) is 17.9 Å². The summed E-state index contributed by atoms with van der Waals surface area (Å²) in [6.45, 7) is 2.76. The van der Waals surface area contributed by atoms with Crippen LogP contribution in [0.25, 0.3) is 5.76 Å². The average Bonchev–Trinajstić information content (AvgIpc) is 3.12. The van der Waals surface area contributed by atoms with Crippen molar-refractivity contribution in [3.8, 4) is 5.75 Å². The van der Waals surface area contributed by atoms with E-state index in [-0.39, 0.29) is 17.9 Å². The molecule has 180 valence electrons. The van der Waals surface area contributed by atoms with Crippen molar-refractivity contribution < 1.29 is 19.4 Å². The Bertz CT molecular complexity index is 1240. The van der Waals surface area contributed by atoms with Gasteiger partial charge in [-0.2, -0.15) is 0 Å². The van der Waals surface area contributed by atoms with E-state index in [0.717, 1.165) is 23.2 Å². The highest BCUT2D eigenvalue weighted by Crippen LogP contribution is 2.41. The number of rotatable bonds is 8. The fraction of sp³-hybridized carbons (Fsp3) is 0.250. The molecule has 1 atom stereocenters. The van der Waals surface area contributed by atoms with E-state index >= 15 is 0 Å². The van der Waals surface area contributed by atoms with E-state index in [1.54, 1.807) is 48.8 Å². The van der Waals surface area contributed by atoms with Crippen molar-refractivity contribution in [3.05, 3.63) is 95.3 Å². The molecule has 1 fully saturated rings. The lowest BCUT2D eigenvalue weighted by atomic mass is 9.95. The minimum absolute atomic E-state index is 0.0642. The summed E-state index contributed by atoms with van der Waals surface area (Å²) in [6.07, 6.45) is 4.14. The van der Waals surface area contributed by atoms with Crippen molar-refractivity contribution in [2.75, 3.05) is 25.6 Å². The third-order valence-corrected chi connectivity index (χ3v) is 5.95. The number of nitrogens with zero attached hydrogens (tertiary/aromatic N) is 3. The molecule has 1 amide bonds. The molecule has 1 saturated heterocycles. The Morgan fingerprint density at radius 2 is 1.77 bits per heavy atom. The average molecular weight is 472 g/mol. The fourth-order valence-electron chi connectivity index (χ4n) is 4.14. The van der Waals surface area contributed by atoms with Crippen LogP contribution >= 0.6 is 0 Å². The molecule has 0 aliphatic carbocycles. The van der Waals surface area contributed by atoms with Crippen LogP contribution in [0.3, 0.4) is 0 Å². The van der Waals surface area contributed by atoms with Crippen LogP contribution in [0.1, 0.15) is 36.1 Å². The number of ketones is 1. The van der Waals surface area contributed by atoms with Crippen LogP contribution in [0.5, 0.6) is 5.75 Å². The summed E-state index contributed by atoms with van der Waals surface area (Å²) in [5.41, 5.74) is 3.06. The maximum absolute atomic E-state index is 13.3. The van der Waals surface area contributed by atoms with Crippen molar-refractivity contribution in [1.82, 2.24) is 9.88 Å². The first kappa shape index (κ1) is 24.0. The third kappa shape index (κ3) is 5.04. The van der Waals surface area contributed by atoms with Crippen molar-refractivity contribution in [2.45, 2.75) is 25.9 Å². The molecule has 0 saturated carbocycles. The first-order chi connectivity index (χ1) is 16.9. The van der Waals surface area contributed by atoms with E-state index in [9.17, 15) is 14.7 Å². The number of pyridine rings is 1. The minimum atomic E-state index is -0.736. The van der Waals surface area contributed by atoms with Crippen LogP contribution in [-0.2, 0) is 16.1 Å². The Balaban J connectivity index is 1.82. The number of Topliss-reactive ketones (excluding diaryl/α,β-unsaturated/α-hetero) is 1. The highest BCUT2D eigenvalue weighted by Gasteiger charge is 2.46. The van der Waals surface area contributed by atoms with E-state index in [1.807, 2.05) is 50.2 Å². The smallest absolute Gasteiger partial charge is 0.295 e. The van der Waals surface area contributed by atoms with Crippen LogP contribution < -0.4 is 9.64 Å². The topological polar surface area (TPSA) is 83.0 Å². The van der Waals surface area contributed by atoms with Gasteiger partial charge in [0.2, 0.25) is 0 Å². The number of amides is 1. The number of aliphatic hydroxyl groups is 1. The number of carbonyl (C=O) groups is 2. The Kier molecular flexibility index (Phi) is 7.15. The first-order valence-electron chi connectivity index (χ1n) is 11.6. The first-order valence-corrected chi connectivity index (χ1v) is 11.6. The number of aromatic nitrogens is 1. The van der Waals surface area contributed by atoms with Crippen LogP contribution in [0.2, 0.25) is 0 Å². The summed E-state index contributed by atoms with van der Waals surface area (Å²) >= 11 is 0. The second-order valence-corrected chi connectivity index (χ2v) is 8.64. The molecule has 1 unspecified atom stereocenters. The van der Waals surface area contributed by atoms with Crippen LogP contribution in [0, 0.1) is 0 Å². The van der Waals surface area contributed by atoms with Gasteiger partial charge < -0.3 is 19.6 Å². The number of carbonyl (C=O) groups excluding carboxylic acids is 2. The number of hydrogen-bond acceptors (Lipinski definition) is 6. The molecule has 0 radical (unpaired) electrons. The normalized spacial score (nSPS) is 17.0. The van der Waals surface area contributed by atoms with Gasteiger partial charge in [-0.05, 0) is 53.9 Å². The van der Waals surface area contributed by atoms with Gasteiger partial charge in [0.1, 0.15) is 11.5 Å². The van der Waals surface area contributed by atoms with Crippen molar-refractivity contribution in [2.24, 2.45) is 0 Å². The third-order valence-electron chi connectivity index (χ3n) is 5.95. The molecule has 7 nitrogen and oxygen atoms in total. The summed E-state index contributed by atoms with van der Waals surface area (Å²) in [5.74, 6) is -0.987. The summed E-state index contributed by atoms with van der Waals surface area (Å²) in [5, 5.41) is 11.3. The number of hydrogen-bond donors (Lipinski definition) is 1. The van der Waals surface area contributed by atoms with E-state index < -0.39 is 17.7 Å². The summed E-state index contributed by atoms with van der Waals surface area (Å²) in [7, 11) is 3.89. The molecule has 1 aliphatic rings. The Hall–Kier alpha value is -4.13. The molecule has 0 spiro atoms. The molecule has 7 heteroatoms. The Morgan fingerprint density at radius 3 is 2.43 bits per heavy atom. The maximum Gasteiger partial charge on any atom is 0.295 e. The van der Waals surface area contributed by atoms with Crippen LogP contribution in [-0.4, -0.2) is 47.4 Å². The van der Waals surface area contributed by atoms with Gasteiger partial charge in [0.15, 0.2) is 0 Å². The number of ether oxygens (including phenoxy) is 1. The molecule has 2 heterocycles. The predicted octanol–water partition coefficient (Wildman–Crippen LogP) is 4.56. The summed E-state index contributed by atoms with van der Waals surface area (Å²) in [4.78, 5) is 34.0. The largest absolute Gasteiger partial charge is 0.507 e. The molecular weight excluding hydrogens is 442 g/mol. The Labute approximate surface area is 205 Å². The van der Waals surface area contributed by atoms with Crippen molar-refractivity contribution in [1.29, 1.82) is 0 Å². The summed E-state index contributed by atoms with van der Waals surface area (Å²) in [6, 6.07) is 17.5. The standard InChI is InChI=1S/C28H29N3O4/c1-4-16-35-23-7-5-6-21(17-23)26(32)24-25(20-8-10-22(11-9-20)30(2)3)31(28(34)27(24)33)18-19-12-14-29-15-13-19/h5-15,17,25,32H,4,16,18H2,1-3H3/b26-24+. The fourth-order valence-corrected chi connectivity index (χ4v) is 4.14. The highest BCUT2D eigenvalue weighted by molar-refractivity contribution is 6.46. The maximum atomic E-state index is 13.3. The van der Waals surface area contributed by atoms with E-state index in [2.05, 4.69) is 4.98 Å². The van der Waals surface area contributed by atoms with Gasteiger partial charge in [-0.1, -0.05) is 31.2 Å². The molecule has 4 rings (SSSR count). The van der Waals surface area contributed by atoms with Gasteiger partial charge in [0.25, 0.3) is 11.7 Å². The zero-order valence-electron chi connectivity index (χ0n) is 20.1. The van der Waals surface area contributed by atoms with Gasteiger partial charge >= 0.3 is 0 Å². The van der Waals surface area contributed by atoms with E-state index in [1.165, 1.54) is 4.90 Å². The van der Waals surface area contributed by atoms with Crippen LogP contribution in [0.4, 0.5) is 5.69 Å². The molecule has 0 bridgehead atoms. The highest BCUT2D eigenvalue weighted by atomic mass is 16.5. The SMILES string of the molecule is CCCOc1cccc(/C(O)=C2\C(=O)C(=O)N(Cc3ccncc3)C2c2ccc(N(C)C)cc2)c1. The van der Waals surface area contributed by atoms with Gasteiger partial charge in [-0.3, -0.25) is 14.6 Å². The second kappa shape index (κ2) is 10.4. The van der Waals surface area contributed by atoms with Gasteiger partial charge in [0.05, 0.1) is 18.2 Å². The van der Waals surface area contributed by atoms with Crippen molar-refractivity contribution >= 4 is 23.1 Å². The molecule has 2 aromatic carbocycles. The zero-order valence-corrected chi connectivity index (χ0v) is 20.1. The van der Waals surface area contributed by atoms with Crippen LogP contribution in [0.15, 0.2) is 78.6 Å². The number of benzene rings is 2. The quantitative estimate of drug-likeness (QED) is 0.295.